The lowest BCUT2D eigenvalue weighted by Crippen LogP contribution is -2.38. The molecule has 1 heterocycles. The molecule has 4 aromatic rings. The monoisotopic (exact) mass is 465 g/mol. The average Bonchev–Trinajstić information content (AvgIpc) is 3.57. The Morgan fingerprint density at radius 2 is 1.77 bits per heavy atom. The molecule has 1 aliphatic carbocycles. The SMILES string of the molecule is CCCN(CCc1cccc(NC(=O)c2ccc(-c3cnco3)cc2)c1)C1Cc2ccccc2C1. The second-order valence-corrected chi connectivity index (χ2v) is 9.21. The maximum absolute atomic E-state index is 12.8. The highest BCUT2D eigenvalue weighted by atomic mass is 16.3. The van der Waals surface area contributed by atoms with Crippen LogP contribution in [-0.4, -0.2) is 34.9 Å². The minimum Gasteiger partial charge on any atom is -0.444 e. The van der Waals surface area contributed by atoms with Gasteiger partial charge in [-0.2, -0.15) is 0 Å². The summed E-state index contributed by atoms with van der Waals surface area (Å²) in [6.07, 6.45) is 7.45. The van der Waals surface area contributed by atoms with E-state index in [0.29, 0.717) is 17.4 Å². The van der Waals surface area contributed by atoms with Crippen LogP contribution in [0.25, 0.3) is 11.3 Å². The van der Waals surface area contributed by atoms with Gasteiger partial charge in [-0.15, -0.1) is 0 Å². The van der Waals surface area contributed by atoms with Crippen LogP contribution in [0.2, 0.25) is 0 Å². The van der Waals surface area contributed by atoms with Crippen LogP contribution in [0.3, 0.4) is 0 Å². The maximum Gasteiger partial charge on any atom is 0.255 e. The van der Waals surface area contributed by atoms with Crippen molar-refractivity contribution in [2.45, 2.75) is 38.6 Å². The zero-order valence-corrected chi connectivity index (χ0v) is 20.1. The number of nitrogens with zero attached hydrogens (tertiary/aromatic N) is 2. The van der Waals surface area contributed by atoms with Gasteiger partial charge in [-0.1, -0.05) is 55.5 Å². The molecule has 5 nitrogen and oxygen atoms in total. The fraction of sp³-hybridized carbons (Fsp3) is 0.267. The van der Waals surface area contributed by atoms with E-state index in [2.05, 4.69) is 58.5 Å². The molecule has 1 amide bonds. The Morgan fingerprint density at radius 1 is 1.00 bits per heavy atom. The summed E-state index contributed by atoms with van der Waals surface area (Å²) in [5.74, 6) is 0.561. The molecule has 5 rings (SSSR count). The van der Waals surface area contributed by atoms with Crippen molar-refractivity contribution < 1.29 is 9.21 Å². The fourth-order valence-corrected chi connectivity index (χ4v) is 4.98. The van der Waals surface area contributed by atoms with Gasteiger partial charge in [0.2, 0.25) is 0 Å². The number of amides is 1. The first-order valence-electron chi connectivity index (χ1n) is 12.4. The van der Waals surface area contributed by atoms with Gasteiger partial charge in [0.25, 0.3) is 5.91 Å². The number of aromatic nitrogens is 1. The van der Waals surface area contributed by atoms with Gasteiger partial charge >= 0.3 is 0 Å². The summed E-state index contributed by atoms with van der Waals surface area (Å²) in [6, 6.07) is 25.0. The number of benzene rings is 3. The van der Waals surface area contributed by atoms with Gasteiger partial charge in [-0.05, 0) is 73.2 Å². The highest BCUT2D eigenvalue weighted by molar-refractivity contribution is 6.04. The molecule has 0 spiro atoms. The van der Waals surface area contributed by atoms with Crippen LogP contribution in [-0.2, 0) is 19.3 Å². The summed E-state index contributed by atoms with van der Waals surface area (Å²) in [7, 11) is 0. The molecule has 1 aliphatic rings. The van der Waals surface area contributed by atoms with Crippen molar-refractivity contribution in [2.75, 3.05) is 18.4 Å². The minimum absolute atomic E-state index is 0.123. The molecule has 0 bridgehead atoms. The molecule has 178 valence electrons. The summed E-state index contributed by atoms with van der Waals surface area (Å²) in [5.41, 5.74) is 6.55. The van der Waals surface area contributed by atoms with E-state index in [1.54, 1.807) is 18.3 Å². The number of oxazole rings is 1. The minimum atomic E-state index is -0.123. The zero-order chi connectivity index (χ0) is 24.0. The third kappa shape index (κ3) is 5.52. The van der Waals surface area contributed by atoms with Crippen LogP contribution in [0.1, 0.15) is 40.4 Å². The van der Waals surface area contributed by atoms with Gasteiger partial charge in [0, 0.05) is 29.4 Å². The van der Waals surface area contributed by atoms with E-state index < -0.39 is 0 Å². The summed E-state index contributed by atoms with van der Waals surface area (Å²) >= 11 is 0. The quantitative estimate of drug-likeness (QED) is 0.329. The Kier molecular flexibility index (Phi) is 7.05. The molecular formula is C30H31N3O2. The topological polar surface area (TPSA) is 58.4 Å². The molecule has 0 aliphatic heterocycles. The van der Waals surface area contributed by atoms with E-state index in [1.165, 1.54) is 23.1 Å². The maximum atomic E-state index is 12.8. The summed E-state index contributed by atoms with van der Waals surface area (Å²) in [6.45, 7) is 4.38. The lowest BCUT2D eigenvalue weighted by Gasteiger charge is -2.28. The van der Waals surface area contributed by atoms with E-state index in [-0.39, 0.29) is 5.91 Å². The largest absolute Gasteiger partial charge is 0.444 e. The number of carbonyl (C=O) groups is 1. The Morgan fingerprint density at radius 3 is 2.46 bits per heavy atom. The smallest absolute Gasteiger partial charge is 0.255 e. The number of rotatable bonds is 9. The van der Waals surface area contributed by atoms with Crippen LogP contribution in [0.5, 0.6) is 0 Å². The Bertz CT molecular complexity index is 1240. The summed E-state index contributed by atoms with van der Waals surface area (Å²) in [5, 5.41) is 3.04. The van der Waals surface area contributed by atoms with Crippen LogP contribution >= 0.6 is 0 Å². The van der Waals surface area contributed by atoms with Crippen molar-refractivity contribution in [3.8, 4) is 11.3 Å². The molecule has 0 saturated carbocycles. The lowest BCUT2D eigenvalue weighted by atomic mass is 10.1. The van der Waals surface area contributed by atoms with Crippen LogP contribution in [0.4, 0.5) is 5.69 Å². The van der Waals surface area contributed by atoms with Crippen molar-refractivity contribution in [3.05, 3.63) is 108 Å². The van der Waals surface area contributed by atoms with Crippen molar-refractivity contribution in [1.29, 1.82) is 0 Å². The lowest BCUT2D eigenvalue weighted by molar-refractivity contribution is 0.102. The Hall–Kier alpha value is -3.70. The molecule has 3 aromatic carbocycles. The van der Waals surface area contributed by atoms with Gasteiger partial charge in [0.05, 0.1) is 6.20 Å². The number of fused-ring (bicyclic) bond motifs is 1. The van der Waals surface area contributed by atoms with Crippen LogP contribution in [0, 0.1) is 0 Å². The second-order valence-electron chi connectivity index (χ2n) is 9.21. The van der Waals surface area contributed by atoms with Crippen LogP contribution < -0.4 is 5.32 Å². The van der Waals surface area contributed by atoms with Crippen molar-refractivity contribution in [2.24, 2.45) is 0 Å². The highest BCUT2D eigenvalue weighted by Gasteiger charge is 2.25. The number of hydrogen-bond acceptors (Lipinski definition) is 4. The van der Waals surface area contributed by atoms with E-state index in [0.717, 1.165) is 50.0 Å². The Balaban J connectivity index is 1.19. The number of carbonyl (C=O) groups excluding carboxylic acids is 1. The molecule has 0 unspecified atom stereocenters. The van der Waals surface area contributed by atoms with Gasteiger partial charge in [-0.3, -0.25) is 9.69 Å². The highest BCUT2D eigenvalue weighted by Crippen LogP contribution is 2.26. The molecule has 0 fully saturated rings. The standard InChI is InChI=1S/C30H31N3O2/c1-2-15-33(28-18-25-7-3-4-8-26(25)19-28)16-14-22-6-5-9-27(17-22)32-30(34)24-12-10-23(11-13-24)29-20-31-21-35-29/h3-13,17,20-21,28H,2,14-16,18-19H2,1H3,(H,32,34). The third-order valence-electron chi connectivity index (χ3n) is 6.79. The zero-order valence-electron chi connectivity index (χ0n) is 20.1. The first-order valence-corrected chi connectivity index (χ1v) is 12.4. The van der Waals surface area contributed by atoms with E-state index >= 15 is 0 Å². The number of nitrogens with one attached hydrogen (secondary N) is 1. The van der Waals surface area contributed by atoms with Crippen molar-refractivity contribution in [1.82, 2.24) is 9.88 Å². The first-order chi connectivity index (χ1) is 17.2. The molecule has 0 radical (unpaired) electrons. The van der Waals surface area contributed by atoms with Crippen molar-refractivity contribution in [3.63, 3.8) is 0 Å². The predicted octanol–water partition coefficient (Wildman–Crippen LogP) is 6.02. The van der Waals surface area contributed by atoms with Gasteiger partial charge in [0.1, 0.15) is 0 Å². The average molecular weight is 466 g/mol. The van der Waals surface area contributed by atoms with Crippen LogP contribution in [0.15, 0.2) is 89.8 Å². The molecule has 35 heavy (non-hydrogen) atoms. The van der Waals surface area contributed by atoms with Gasteiger partial charge in [0.15, 0.2) is 12.2 Å². The van der Waals surface area contributed by atoms with Crippen molar-refractivity contribution >= 4 is 11.6 Å². The van der Waals surface area contributed by atoms with E-state index in [1.807, 2.05) is 24.3 Å². The van der Waals surface area contributed by atoms with E-state index in [4.69, 9.17) is 4.42 Å². The summed E-state index contributed by atoms with van der Waals surface area (Å²) < 4.78 is 5.32. The van der Waals surface area contributed by atoms with Gasteiger partial charge < -0.3 is 9.73 Å². The van der Waals surface area contributed by atoms with Gasteiger partial charge in [-0.25, -0.2) is 4.98 Å². The molecule has 5 heteroatoms. The summed E-state index contributed by atoms with van der Waals surface area (Å²) in [4.78, 5) is 19.4. The predicted molar refractivity (Wildman–Crippen MR) is 140 cm³/mol. The van der Waals surface area contributed by atoms with E-state index in [9.17, 15) is 4.79 Å². The second kappa shape index (κ2) is 10.7. The normalized spacial score (nSPS) is 13.2. The Labute approximate surface area is 206 Å². The molecule has 1 aromatic heterocycles. The fourth-order valence-electron chi connectivity index (χ4n) is 4.98. The number of anilines is 1. The molecular weight excluding hydrogens is 434 g/mol. The number of hydrogen-bond donors (Lipinski definition) is 1. The molecule has 1 N–H and O–H groups in total. The first kappa shape index (κ1) is 23.1. The molecule has 0 atom stereocenters. The molecule has 0 saturated heterocycles. The third-order valence-corrected chi connectivity index (χ3v) is 6.79.